The maximum Gasteiger partial charge on any atom is 0.338 e. The van der Waals surface area contributed by atoms with E-state index in [1.165, 1.54) is 12.1 Å². The molecule has 0 saturated carbocycles. The molecule has 1 aliphatic rings. The van der Waals surface area contributed by atoms with Crippen LogP contribution in [0.25, 0.3) is 0 Å². The van der Waals surface area contributed by atoms with Gasteiger partial charge >= 0.3 is 5.97 Å². The fourth-order valence-electron chi connectivity index (χ4n) is 3.15. The Bertz CT molecular complexity index is 683. The molecule has 26 heavy (non-hydrogen) atoms. The Morgan fingerprint density at radius 3 is 2.46 bits per heavy atom. The van der Waals surface area contributed by atoms with E-state index in [0.29, 0.717) is 18.2 Å². The van der Waals surface area contributed by atoms with Crippen molar-refractivity contribution in [3.05, 3.63) is 71.5 Å². The molecule has 1 aliphatic heterocycles. The number of carbonyl (C=O) groups excluding carboxylic acids is 1. The predicted molar refractivity (Wildman–Crippen MR) is 99.4 cm³/mol. The van der Waals surface area contributed by atoms with E-state index < -0.39 is 0 Å². The number of hydrogen-bond donors (Lipinski definition) is 1. The van der Waals surface area contributed by atoms with E-state index in [-0.39, 0.29) is 11.8 Å². The lowest BCUT2D eigenvalue weighted by Crippen LogP contribution is -2.43. The van der Waals surface area contributed by atoms with Crippen molar-refractivity contribution in [2.45, 2.75) is 25.4 Å². The van der Waals surface area contributed by atoms with Crippen LogP contribution in [0.4, 0.5) is 4.39 Å². The van der Waals surface area contributed by atoms with E-state index in [1.807, 2.05) is 30.3 Å². The summed E-state index contributed by atoms with van der Waals surface area (Å²) in [5.74, 6) is -0.462. The van der Waals surface area contributed by atoms with E-state index in [2.05, 4.69) is 10.2 Å². The van der Waals surface area contributed by atoms with Crippen LogP contribution in [-0.2, 0) is 11.3 Å². The number of nitrogens with one attached hydrogen (secondary N) is 1. The lowest BCUT2D eigenvalue weighted by Gasteiger charge is -2.32. The lowest BCUT2D eigenvalue weighted by molar-refractivity contribution is 0.0445. The Kier molecular flexibility index (Phi) is 6.75. The fourth-order valence-corrected chi connectivity index (χ4v) is 3.15. The molecule has 0 spiro atoms. The monoisotopic (exact) mass is 356 g/mol. The van der Waals surface area contributed by atoms with E-state index in [9.17, 15) is 9.18 Å². The highest BCUT2D eigenvalue weighted by atomic mass is 19.1. The highest BCUT2D eigenvalue weighted by molar-refractivity contribution is 5.89. The van der Waals surface area contributed by atoms with Crippen molar-refractivity contribution in [3.8, 4) is 0 Å². The average Bonchev–Trinajstić information content (AvgIpc) is 2.69. The van der Waals surface area contributed by atoms with Gasteiger partial charge < -0.3 is 10.1 Å². The normalized spacial score (nSPS) is 15.7. The molecular weight excluding hydrogens is 331 g/mol. The molecule has 138 valence electrons. The molecule has 3 rings (SSSR count). The van der Waals surface area contributed by atoms with E-state index in [1.54, 1.807) is 12.1 Å². The van der Waals surface area contributed by atoms with Gasteiger partial charge in [0.2, 0.25) is 0 Å². The number of piperidine rings is 1. The first-order valence-electron chi connectivity index (χ1n) is 9.13. The molecule has 1 saturated heterocycles. The third-order valence-corrected chi connectivity index (χ3v) is 4.75. The highest BCUT2D eigenvalue weighted by Crippen LogP contribution is 2.12. The van der Waals surface area contributed by atoms with Crippen molar-refractivity contribution in [1.82, 2.24) is 10.2 Å². The van der Waals surface area contributed by atoms with Gasteiger partial charge in [-0.2, -0.15) is 0 Å². The molecule has 0 radical (unpaired) electrons. The first-order valence-corrected chi connectivity index (χ1v) is 9.13. The van der Waals surface area contributed by atoms with Gasteiger partial charge in [-0.05, 0) is 55.8 Å². The second-order valence-electron chi connectivity index (χ2n) is 6.63. The molecule has 1 N–H and O–H groups in total. The van der Waals surface area contributed by atoms with E-state index >= 15 is 0 Å². The van der Waals surface area contributed by atoms with Gasteiger partial charge in [-0.25, -0.2) is 9.18 Å². The maximum atomic E-state index is 12.9. The van der Waals surface area contributed by atoms with Crippen molar-refractivity contribution >= 4 is 5.97 Å². The molecule has 0 aliphatic carbocycles. The highest BCUT2D eigenvalue weighted by Gasteiger charge is 2.19. The largest absolute Gasteiger partial charge is 0.461 e. The standard InChI is InChI=1S/C21H25FN2O2/c22-19-8-6-17(7-9-19)16-23-20-10-12-24(13-11-20)14-15-26-21(25)18-4-2-1-3-5-18/h1-9,20,23H,10-16H2. The molecule has 0 unspecified atom stereocenters. The van der Waals surface area contributed by atoms with Gasteiger partial charge in [-0.3, -0.25) is 4.90 Å². The van der Waals surface area contributed by atoms with Crippen LogP contribution in [0.3, 0.4) is 0 Å². The topological polar surface area (TPSA) is 41.6 Å². The summed E-state index contributed by atoms with van der Waals surface area (Å²) >= 11 is 0. The number of benzene rings is 2. The third-order valence-electron chi connectivity index (χ3n) is 4.75. The minimum Gasteiger partial charge on any atom is -0.461 e. The molecule has 0 amide bonds. The van der Waals surface area contributed by atoms with Crippen molar-refractivity contribution in [3.63, 3.8) is 0 Å². The maximum absolute atomic E-state index is 12.9. The van der Waals surface area contributed by atoms with Crippen molar-refractivity contribution in [1.29, 1.82) is 0 Å². The summed E-state index contributed by atoms with van der Waals surface area (Å²) in [4.78, 5) is 14.2. The number of rotatable bonds is 7. The minimum atomic E-state index is -0.263. The molecule has 5 heteroatoms. The molecule has 2 aromatic rings. The molecule has 0 bridgehead atoms. The van der Waals surface area contributed by atoms with Crippen LogP contribution in [-0.4, -0.2) is 43.2 Å². The average molecular weight is 356 g/mol. The van der Waals surface area contributed by atoms with Gasteiger partial charge in [0.15, 0.2) is 0 Å². The van der Waals surface area contributed by atoms with Crippen LogP contribution in [0.15, 0.2) is 54.6 Å². The first kappa shape index (κ1) is 18.5. The Hall–Kier alpha value is -2.24. The Balaban J connectivity index is 1.31. The lowest BCUT2D eigenvalue weighted by atomic mass is 10.0. The zero-order valence-corrected chi connectivity index (χ0v) is 14.9. The molecule has 4 nitrogen and oxygen atoms in total. The molecular formula is C21H25FN2O2. The van der Waals surface area contributed by atoms with Crippen molar-refractivity contribution < 1.29 is 13.9 Å². The van der Waals surface area contributed by atoms with Gasteiger partial charge in [0.05, 0.1) is 5.56 Å². The summed E-state index contributed by atoms with van der Waals surface area (Å²) in [6, 6.07) is 16.2. The Labute approximate surface area is 154 Å². The van der Waals surface area contributed by atoms with Crippen LogP contribution in [0, 0.1) is 5.82 Å². The van der Waals surface area contributed by atoms with Gasteiger partial charge in [0, 0.05) is 19.1 Å². The number of nitrogens with zero attached hydrogens (tertiary/aromatic N) is 1. The second-order valence-corrected chi connectivity index (χ2v) is 6.63. The SMILES string of the molecule is O=C(OCCN1CCC(NCc2ccc(F)cc2)CC1)c1ccccc1. The summed E-state index contributed by atoms with van der Waals surface area (Å²) in [5.41, 5.74) is 1.69. The van der Waals surface area contributed by atoms with Gasteiger partial charge in [0.1, 0.15) is 12.4 Å². The molecule has 1 fully saturated rings. The third kappa shape index (κ3) is 5.64. The molecule has 1 heterocycles. The Morgan fingerprint density at radius 2 is 1.77 bits per heavy atom. The van der Waals surface area contributed by atoms with Crippen molar-refractivity contribution in [2.75, 3.05) is 26.2 Å². The molecule has 0 aromatic heterocycles. The predicted octanol–water partition coefficient (Wildman–Crippen LogP) is 3.24. The van der Waals surface area contributed by atoms with E-state index in [0.717, 1.165) is 44.6 Å². The number of halogens is 1. The zero-order chi connectivity index (χ0) is 18.2. The second kappa shape index (κ2) is 9.46. The number of likely N-dealkylation sites (tertiary alicyclic amines) is 1. The summed E-state index contributed by atoms with van der Waals surface area (Å²) in [7, 11) is 0. The summed E-state index contributed by atoms with van der Waals surface area (Å²) in [6.45, 7) is 3.93. The molecule has 2 aromatic carbocycles. The number of esters is 1. The Morgan fingerprint density at radius 1 is 1.08 bits per heavy atom. The summed E-state index contributed by atoms with van der Waals surface area (Å²) in [6.07, 6.45) is 2.13. The fraction of sp³-hybridized carbons (Fsp3) is 0.381. The van der Waals surface area contributed by atoms with Gasteiger partial charge in [-0.1, -0.05) is 30.3 Å². The number of ether oxygens (including phenoxy) is 1. The van der Waals surface area contributed by atoms with Gasteiger partial charge in [-0.15, -0.1) is 0 Å². The zero-order valence-electron chi connectivity index (χ0n) is 14.9. The van der Waals surface area contributed by atoms with Crippen LogP contribution >= 0.6 is 0 Å². The van der Waals surface area contributed by atoms with Crippen LogP contribution in [0.2, 0.25) is 0 Å². The van der Waals surface area contributed by atoms with Crippen molar-refractivity contribution in [2.24, 2.45) is 0 Å². The van der Waals surface area contributed by atoms with E-state index in [4.69, 9.17) is 4.74 Å². The number of hydrogen-bond acceptors (Lipinski definition) is 4. The smallest absolute Gasteiger partial charge is 0.338 e. The van der Waals surface area contributed by atoms with Crippen LogP contribution in [0.5, 0.6) is 0 Å². The van der Waals surface area contributed by atoms with Crippen LogP contribution in [0.1, 0.15) is 28.8 Å². The number of carbonyl (C=O) groups is 1. The van der Waals surface area contributed by atoms with Gasteiger partial charge in [0.25, 0.3) is 0 Å². The summed E-state index contributed by atoms with van der Waals surface area (Å²) < 4.78 is 18.3. The first-order chi connectivity index (χ1) is 12.7. The minimum absolute atomic E-state index is 0.199. The molecule has 0 atom stereocenters. The summed E-state index contributed by atoms with van der Waals surface area (Å²) in [5, 5.41) is 3.54. The quantitative estimate of drug-likeness (QED) is 0.774. The van der Waals surface area contributed by atoms with Crippen LogP contribution < -0.4 is 5.32 Å².